The third-order valence-electron chi connectivity index (χ3n) is 5.60. The number of nitrogens with one attached hydrogen (secondary N) is 1. The fourth-order valence-electron chi connectivity index (χ4n) is 3.97. The molecule has 1 atom stereocenters. The molecule has 4 rings (SSSR count). The number of aromatic nitrogens is 2. The first-order valence-corrected chi connectivity index (χ1v) is 9.38. The maximum absolute atomic E-state index is 12.4. The number of benzene rings is 1. The first-order valence-electron chi connectivity index (χ1n) is 9.38. The highest BCUT2D eigenvalue weighted by molar-refractivity contribution is 5.92. The maximum atomic E-state index is 12.4. The summed E-state index contributed by atoms with van der Waals surface area (Å²) < 4.78 is 5.79. The highest BCUT2D eigenvalue weighted by Crippen LogP contribution is 2.34. The summed E-state index contributed by atoms with van der Waals surface area (Å²) in [6.45, 7) is 4.51. The summed E-state index contributed by atoms with van der Waals surface area (Å²) in [6, 6.07) is 11.9. The molecule has 2 saturated heterocycles. The summed E-state index contributed by atoms with van der Waals surface area (Å²) in [4.78, 5) is 28.5. The molecule has 1 spiro atoms. The fraction of sp³-hybridized carbons (Fsp3) is 0.450. The molecule has 142 valence electrons. The molecule has 27 heavy (non-hydrogen) atoms. The van der Waals surface area contributed by atoms with E-state index in [1.165, 1.54) is 5.56 Å². The van der Waals surface area contributed by atoms with E-state index in [2.05, 4.69) is 29.3 Å². The van der Waals surface area contributed by atoms with Crippen LogP contribution in [0.4, 0.5) is 4.79 Å². The summed E-state index contributed by atoms with van der Waals surface area (Å²) in [6.07, 6.45) is 2.65. The van der Waals surface area contributed by atoms with Crippen LogP contribution in [0.25, 0.3) is 0 Å². The molecule has 7 heteroatoms. The van der Waals surface area contributed by atoms with Crippen LogP contribution < -0.4 is 0 Å². The second-order valence-corrected chi connectivity index (χ2v) is 7.51. The Morgan fingerprint density at radius 3 is 2.67 bits per heavy atom. The molecule has 2 amide bonds. The number of hydrogen-bond donors (Lipinski definition) is 1. The standard InChI is InChI=1S/C20H24N4O3/c1-15(16-5-3-2-4-6-16)13-24-14-20(27-19(24)26)8-11-23(12-9-20)18(25)17-7-10-21-22-17/h2-7,10,15H,8-9,11-14H2,1H3,(H,21,22)/t15-/m1/s1. The number of carbonyl (C=O) groups is 2. The third kappa shape index (κ3) is 3.54. The molecule has 1 aromatic carbocycles. The third-order valence-corrected chi connectivity index (χ3v) is 5.60. The predicted molar refractivity (Wildman–Crippen MR) is 99.4 cm³/mol. The van der Waals surface area contributed by atoms with Gasteiger partial charge in [0.05, 0.1) is 6.54 Å². The van der Waals surface area contributed by atoms with Gasteiger partial charge >= 0.3 is 6.09 Å². The summed E-state index contributed by atoms with van der Waals surface area (Å²) in [7, 11) is 0. The van der Waals surface area contributed by atoms with Crippen LogP contribution in [-0.4, -0.2) is 63.8 Å². The minimum Gasteiger partial charge on any atom is -0.441 e. The number of likely N-dealkylation sites (tertiary alicyclic amines) is 1. The number of nitrogens with zero attached hydrogens (tertiary/aromatic N) is 3. The predicted octanol–water partition coefficient (Wildman–Crippen LogP) is 2.64. The van der Waals surface area contributed by atoms with E-state index < -0.39 is 5.60 Å². The van der Waals surface area contributed by atoms with Crippen molar-refractivity contribution in [2.45, 2.75) is 31.3 Å². The Labute approximate surface area is 158 Å². The van der Waals surface area contributed by atoms with Crippen molar-refractivity contribution < 1.29 is 14.3 Å². The Morgan fingerprint density at radius 1 is 1.26 bits per heavy atom. The van der Waals surface area contributed by atoms with Crippen molar-refractivity contribution in [2.75, 3.05) is 26.2 Å². The van der Waals surface area contributed by atoms with Gasteiger partial charge in [0, 0.05) is 38.7 Å². The van der Waals surface area contributed by atoms with Crippen molar-refractivity contribution in [3.63, 3.8) is 0 Å². The fourth-order valence-corrected chi connectivity index (χ4v) is 3.97. The summed E-state index contributed by atoms with van der Waals surface area (Å²) in [5, 5.41) is 6.54. The molecule has 7 nitrogen and oxygen atoms in total. The van der Waals surface area contributed by atoms with Gasteiger partial charge in [-0.1, -0.05) is 37.3 Å². The Balaban J connectivity index is 1.36. The average Bonchev–Trinajstić information content (AvgIpc) is 3.32. The molecule has 0 radical (unpaired) electrons. The van der Waals surface area contributed by atoms with E-state index in [0.717, 1.165) is 0 Å². The van der Waals surface area contributed by atoms with E-state index >= 15 is 0 Å². The number of ether oxygens (including phenoxy) is 1. The number of H-pyrrole nitrogens is 1. The van der Waals surface area contributed by atoms with Gasteiger partial charge in [-0.15, -0.1) is 0 Å². The lowest BCUT2D eigenvalue weighted by molar-refractivity contribution is 0.00296. The summed E-state index contributed by atoms with van der Waals surface area (Å²) in [5.41, 5.74) is 1.23. The van der Waals surface area contributed by atoms with E-state index in [9.17, 15) is 9.59 Å². The Hall–Kier alpha value is -2.83. The summed E-state index contributed by atoms with van der Waals surface area (Å²) >= 11 is 0. The molecule has 0 saturated carbocycles. The van der Waals surface area contributed by atoms with Gasteiger partial charge in [0.25, 0.3) is 5.91 Å². The van der Waals surface area contributed by atoms with Crippen molar-refractivity contribution in [1.82, 2.24) is 20.0 Å². The van der Waals surface area contributed by atoms with E-state index in [4.69, 9.17) is 4.74 Å². The van der Waals surface area contributed by atoms with Crippen molar-refractivity contribution >= 4 is 12.0 Å². The average molecular weight is 368 g/mol. The lowest BCUT2D eigenvalue weighted by Gasteiger charge is -2.37. The van der Waals surface area contributed by atoms with Crippen LogP contribution in [-0.2, 0) is 4.74 Å². The van der Waals surface area contributed by atoms with Gasteiger partial charge in [0.1, 0.15) is 11.3 Å². The molecule has 2 aliphatic rings. The van der Waals surface area contributed by atoms with Crippen LogP contribution in [0.5, 0.6) is 0 Å². The minimum atomic E-state index is -0.474. The van der Waals surface area contributed by atoms with Gasteiger partial charge in [-0.3, -0.25) is 9.89 Å². The van der Waals surface area contributed by atoms with Gasteiger partial charge < -0.3 is 14.5 Å². The highest BCUT2D eigenvalue weighted by Gasteiger charge is 2.47. The van der Waals surface area contributed by atoms with Crippen molar-refractivity contribution in [3.05, 3.63) is 53.9 Å². The highest BCUT2D eigenvalue weighted by atomic mass is 16.6. The van der Waals surface area contributed by atoms with Crippen molar-refractivity contribution in [1.29, 1.82) is 0 Å². The molecule has 3 heterocycles. The van der Waals surface area contributed by atoms with Crippen LogP contribution in [0.3, 0.4) is 0 Å². The Morgan fingerprint density at radius 2 is 2.00 bits per heavy atom. The van der Waals surface area contributed by atoms with E-state index in [-0.39, 0.29) is 17.9 Å². The maximum Gasteiger partial charge on any atom is 0.410 e. The molecule has 0 bridgehead atoms. The van der Waals surface area contributed by atoms with Crippen LogP contribution in [0, 0.1) is 0 Å². The van der Waals surface area contributed by atoms with Crippen molar-refractivity contribution in [3.8, 4) is 0 Å². The molecule has 2 aliphatic heterocycles. The number of amides is 2. The summed E-state index contributed by atoms with van der Waals surface area (Å²) in [5.74, 6) is 0.192. The minimum absolute atomic E-state index is 0.0544. The SMILES string of the molecule is C[C@H](CN1CC2(CCN(C(=O)c3ccn[nH]3)CC2)OC1=O)c1ccccc1. The Kier molecular flexibility index (Phi) is 4.59. The van der Waals surface area contributed by atoms with Gasteiger partial charge in [-0.2, -0.15) is 5.10 Å². The number of aromatic amines is 1. The largest absolute Gasteiger partial charge is 0.441 e. The van der Waals surface area contributed by atoms with Gasteiger partial charge in [-0.25, -0.2) is 4.79 Å². The lowest BCUT2D eigenvalue weighted by atomic mass is 9.90. The molecule has 0 aliphatic carbocycles. The quantitative estimate of drug-likeness (QED) is 0.900. The van der Waals surface area contributed by atoms with Gasteiger partial charge in [0.15, 0.2) is 0 Å². The molecular weight excluding hydrogens is 344 g/mol. The first-order chi connectivity index (χ1) is 13.1. The van der Waals surface area contributed by atoms with Crippen LogP contribution in [0.1, 0.15) is 41.7 Å². The van der Waals surface area contributed by atoms with Crippen LogP contribution in [0.2, 0.25) is 0 Å². The zero-order valence-electron chi connectivity index (χ0n) is 15.4. The van der Waals surface area contributed by atoms with E-state index in [1.54, 1.807) is 17.2 Å². The topological polar surface area (TPSA) is 78.5 Å². The van der Waals surface area contributed by atoms with E-state index in [0.29, 0.717) is 44.7 Å². The van der Waals surface area contributed by atoms with Gasteiger partial charge in [-0.05, 0) is 17.5 Å². The Bertz CT molecular complexity index is 798. The molecule has 2 fully saturated rings. The second-order valence-electron chi connectivity index (χ2n) is 7.51. The van der Waals surface area contributed by atoms with Crippen LogP contribution in [0.15, 0.2) is 42.6 Å². The normalized spacial score (nSPS) is 20.0. The molecule has 2 aromatic rings. The number of rotatable bonds is 4. The first kappa shape index (κ1) is 17.6. The monoisotopic (exact) mass is 368 g/mol. The van der Waals surface area contributed by atoms with Crippen LogP contribution >= 0.6 is 0 Å². The number of carbonyl (C=O) groups excluding carboxylic acids is 2. The zero-order chi connectivity index (χ0) is 18.9. The number of piperidine rings is 1. The zero-order valence-corrected chi connectivity index (χ0v) is 15.4. The molecule has 0 unspecified atom stereocenters. The van der Waals surface area contributed by atoms with E-state index in [1.807, 2.05) is 23.1 Å². The second kappa shape index (κ2) is 7.06. The smallest absolute Gasteiger partial charge is 0.410 e. The van der Waals surface area contributed by atoms with Crippen molar-refractivity contribution in [2.24, 2.45) is 0 Å². The van der Waals surface area contributed by atoms with Gasteiger partial charge in [0.2, 0.25) is 0 Å². The molecule has 1 aromatic heterocycles. The lowest BCUT2D eigenvalue weighted by Crippen LogP contribution is -2.49. The number of hydrogen-bond acceptors (Lipinski definition) is 4. The molecule has 1 N–H and O–H groups in total. The molecular formula is C20H24N4O3.